The van der Waals surface area contributed by atoms with Gasteiger partial charge in [-0.1, -0.05) is 57.4 Å². The van der Waals surface area contributed by atoms with Crippen molar-refractivity contribution in [3.63, 3.8) is 0 Å². The van der Waals surface area contributed by atoms with Gasteiger partial charge in [0.1, 0.15) is 5.67 Å². The maximum Gasteiger partial charge on any atom is 0.130 e. The quantitative estimate of drug-likeness (QED) is 0.566. The Bertz CT molecular complexity index is 336. The van der Waals surface area contributed by atoms with Crippen molar-refractivity contribution in [2.75, 3.05) is 0 Å². The first-order valence-electron chi connectivity index (χ1n) is 6.74. The smallest absolute Gasteiger partial charge is 0.130 e. The molecule has 1 atom stereocenters. The lowest BCUT2D eigenvalue weighted by Crippen LogP contribution is -2.09. The normalized spacial score (nSPS) is 13.7. The summed E-state index contributed by atoms with van der Waals surface area (Å²) in [6.45, 7) is 7.69. The zero-order valence-corrected chi connectivity index (χ0v) is 11.6. The molecule has 0 spiro atoms. The Hall–Kier alpha value is -0.850. The first kappa shape index (κ1) is 14.2. The topological polar surface area (TPSA) is 0 Å². The average Bonchev–Trinajstić information content (AvgIpc) is 2.28. The average molecular weight is 236 g/mol. The first-order chi connectivity index (χ1) is 7.95. The van der Waals surface area contributed by atoms with Crippen molar-refractivity contribution in [2.24, 2.45) is 0 Å². The van der Waals surface area contributed by atoms with Crippen LogP contribution in [0, 0.1) is 0 Å². The van der Waals surface area contributed by atoms with Crippen molar-refractivity contribution < 1.29 is 4.39 Å². The molecule has 0 aliphatic heterocycles. The molecule has 0 aliphatic carbocycles. The molecule has 1 unspecified atom stereocenters. The summed E-state index contributed by atoms with van der Waals surface area (Å²) in [5.41, 5.74) is 0.820. The molecule has 0 radical (unpaired) electrons. The highest BCUT2D eigenvalue weighted by molar-refractivity contribution is 5.29. The Morgan fingerprint density at radius 2 is 1.94 bits per heavy atom. The van der Waals surface area contributed by atoms with Gasteiger partial charge in [0, 0.05) is 0 Å². The van der Waals surface area contributed by atoms with E-state index in [-0.39, 0.29) is 0 Å². The van der Waals surface area contributed by atoms with Crippen LogP contribution >= 0.6 is 0 Å². The standard InChI is InChI=1S/C16H25F/c1-5-6-7-9-13(2)14-10-8-11-15(12-14)16(3,4)17/h8,10-13H,5-7,9H2,1-4H3. The van der Waals surface area contributed by atoms with Crippen molar-refractivity contribution in [1.82, 2.24) is 0 Å². The van der Waals surface area contributed by atoms with Crippen LogP contribution in [0.2, 0.25) is 0 Å². The molecule has 0 bridgehead atoms. The maximum atomic E-state index is 13.9. The second-order valence-electron chi connectivity index (χ2n) is 5.49. The van der Waals surface area contributed by atoms with Crippen LogP contribution in [0.25, 0.3) is 0 Å². The van der Waals surface area contributed by atoms with Gasteiger partial charge in [-0.05, 0) is 37.3 Å². The van der Waals surface area contributed by atoms with Gasteiger partial charge in [-0.25, -0.2) is 4.39 Å². The van der Waals surface area contributed by atoms with Gasteiger partial charge >= 0.3 is 0 Å². The predicted octanol–water partition coefficient (Wildman–Crippen LogP) is 5.58. The van der Waals surface area contributed by atoms with E-state index in [1.165, 1.54) is 31.2 Å². The van der Waals surface area contributed by atoms with Crippen LogP contribution in [0.5, 0.6) is 0 Å². The van der Waals surface area contributed by atoms with Gasteiger partial charge in [-0.2, -0.15) is 0 Å². The molecule has 1 aromatic rings. The van der Waals surface area contributed by atoms with Crippen LogP contribution in [0.1, 0.15) is 70.4 Å². The van der Waals surface area contributed by atoms with E-state index in [2.05, 4.69) is 19.9 Å². The summed E-state index contributed by atoms with van der Waals surface area (Å²) in [6.07, 6.45) is 5.01. The summed E-state index contributed by atoms with van der Waals surface area (Å²) in [4.78, 5) is 0. The Morgan fingerprint density at radius 1 is 1.24 bits per heavy atom. The molecular weight excluding hydrogens is 211 g/mol. The number of rotatable bonds is 6. The summed E-state index contributed by atoms with van der Waals surface area (Å²) in [7, 11) is 0. The summed E-state index contributed by atoms with van der Waals surface area (Å²) in [6, 6.07) is 7.99. The molecule has 0 aromatic heterocycles. The summed E-state index contributed by atoms with van der Waals surface area (Å²) >= 11 is 0. The number of hydrogen-bond donors (Lipinski definition) is 0. The monoisotopic (exact) mass is 236 g/mol. The van der Waals surface area contributed by atoms with Crippen molar-refractivity contribution in [2.45, 2.75) is 65.0 Å². The minimum Gasteiger partial charge on any atom is -0.239 e. The van der Waals surface area contributed by atoms with Gasteiger partial charge < -0.3 is 0 Å². The molecular formula is C16H25F. The third kappa shape index (κ3) is 4.49. The third-order valence-corrected chi connectivity index (χ3v) is 3.38. The number of halogens is 1. The highest BCUT2D eigenvalue weighted by atomic mass is 19.1. The first-order valence-corrected chi connectivity index (χ1v) is 6.74. The van der Waals surface area contributed by atoms with E-state index in [4.69, 9.17) is 0 Å². The van der Waals surface area contributed by atoms with Gasteiger partial charge in [0.25, 0.3) is 0 Å². The molecule has 1 rings (SSSR count). The highest BCUT2D eigenvalue weighted by Gasteiger charge is 2.19. The molecule has 17 heavy (non-hydrogen) atoms. The number of hydrogen-bond acceptors (Lipinski definition) is 0. The van der Waals surface area contributed by atoms with Crippen molar-refractivity contribution in [3.05, 3.63) is 35.4 Å². The molecule has 1 aromatic carbocycles. The summed E-state index contributed by atoms with van der Waals surface area (Å²) in [5.74, 6) is 0.531. The van der Waals surface area contributed by atoms with Gasteiger partial charge in [0.05, 0.1) is 0 Å². The molecule has 0 saturated heterocycles. The van der Waals surface area contributed by atoms with Crippen LogP contribution in [0.4, 0.5) is 4.39 Å². The maximum absolute atomic E-state index is 13.9. The van der Waals surface area contributed by atoms with Gasteiger partial charge in [-0.3, -0.25) is 0 Å². The molecule has 0 aliphatic rings. The SMILES string of the molecule is CCCCCC(C)c1cccc(C(C)(C)F)c1. The minimum absolute atomic E-state index is 0.531. The fraction of sp³-hybridized carbons (Fsp3) is 0.625. The van der Waals surface area contributed by atoms with Gasteiger partial charge in [-0.15, -0.1) is 0 Å². The molecule has 0 heterocycles. The molecule has 0 N–H and O–H groups in total. The minimum atomic E-state index is -1.24. The Balaban J connectivity index is 2.71. The summed E-state index contributed by atoms with van der Waals surface area (Å²) in [5, 5.41) is 0. The number of alkyl halides is 1. The lowest BCUT2D eigenvalue weighted by molar-refractivity contribution is 0.221. The largest absolute Gasteiger partial charge is 0.239 e. The van der Waals surface area contributed by atoms with E-state index in [0.717, 1.165) is 5.56 Å². The van der Waals surface area contributed by atoms with Crippen molar-refractivity contribution in [1.29, 1.82) is 0 Å². The molecule has 0 nitrogen and oxygen atoms in total. The highest BCUT2D eigenvalue weighted by Crippen LogP contribution is 2.29. The molecule has 0 saturated carbocycles. The fourth-order valence-electron chi connectivity index (χ4n) is 2.08. The Morgan fingerprint density at radius 3 is 2.53 bits per heavy atom. The van der Waals surface area contributed by atoms with E-state index in [1.54, 1.807) is 13.8 Å². The van der Waals surface area contributed by atoms with Crippen LogP contribution in [-0.2, 0) is 5.67 Å². The molecule has 0 fully saturated rings. The van der Waals surface area contributed by atoms with Crippen LogP contribution < -0.4 is 0 Å². The third-order valence-electron chi connectivity index (χ3n) is 3.38. The van der Waals surface area contributed by atoms with Crippen molar-refractivity contribution in [3.8, 4) is 0 Å². The molecule has 96 valence electrons. The lowest BCUT2D eigenvalue weighted by Gasteiger charge is -2.18. The van der Waals surface area contributed by atoms with E-state index < -0.39 is 5.67 Å². The van der Waals surface area contributed by atoms with Crippen LogP contribution in [0.15, 0.2) is 24.3 Å². The molecule has 1 heteroatoms. The van der Waals surface area contributed by atoms with E-state index in [9.17, 15) is 4.39 Å². The van der Waals surface area contributed by atoms with E-state index in [1.807, 2.05) is 18.2 Å². The van der Waals surface area contributed by atoms with Crippen LogP contribution in [0.3, 0.4) is 0 Å². The van der Waals surface area contributed by atoms with Gasteiger partial charge in [0.15, 0.2) is 0 Å². The van der Waals surface area contributed by atoms with Crippen LogP contribution in [-0.4, -0.2) is 0 Å². The van der Waals surface area contributed by atoms with Gasteiger partial charge in [0.2, 0.25) is 0 Å². The molecule has 0 amide bonds. The van der Waals surface area contributed by atoms with E-state index in [0.29, 0.717) is 5.92 Å². The summed E-state index contributed by atoms with van der Waals surface area (Å²) < 4.78 is 13.9. The Kier molecular flexibility index (Phi) is 5.17. The second kappa shape index (κ2) is 6.18. The number of unbranched alkanes of at least 4 members (excludes halogenated alkanes) is 2. The van der Waals surface area contributed by atoms with Crippen molar-refractivity contribution >= 4 is 0 Å². The Labute approximate surface area is 105 Å². The second-order valence-corrected chi connectivity index (χ2v) is 5.49. The predicted molar refractivity (Wildman–Crippen MR) is 73.1 cm³/mol. The van der Waals surface area contributed by atoms with E-state index >= 15 is 0 Å². The number of benzene rings is 1. The zero-order valence-electron chi connectivity index (χ0n) is 11.6. The lowest BCUT2D eigenvalue weighted by atomic mass is 9.90. The zero-order chi connectivity index (χ0) is 12.9. The fourth-order valence-corrected chi connectivity index (χ4v) is 2.08.